The zero-order valence-electron chi connectivity index (χ0n) is 24.4. The lowest BCUT2D eigenvalue weighted by atomic mass is 9.85. The van der Waals surface area contributed by atoms with Crippen molar-refractivity contribution in [2.45, 2.75) is 51.6 Å². The summed E-state index contributed by atoms with van der Waals surface area (Å²) in [5.74, 6) is 0.491. The number of carbonyl (C=O) groups excluding carboxylic acids is 2. The molecule has 9 heteroatoms. The molecule has 3 saturated heterocycles. The van der Waals surface area contributed by atoms with E-state index in [1.807, 2.05) is 38.1 Å². The number of pyridine rings is 1. The number of ether oxygens (including phenoxy) is 1. The Kier molecular flexibility index (Phi) is 8.10. The molecule has 3 fully saturated rings. The summed E-state index contributed by atoms with van der Waals surface area (Å²) < 4.78 is 5.76. The van der Waals surface area contributed by atoms with E-state index in [1.54, 1.807) is 17.0 Å². The fourth-order valence-electron chi connectivity index (χ4n) is 6.68. The molecule has 2 aromatic carbocycles. The Morgan fingerprint density at radius 3 is 2.29 bits per heavy atom. The van der Waals surface area contributed by atoms with Gasteiger partial charge in [0.2, 0.25) is 0 Å². The molecule has 42 heavy (non-hydrogen) atoms. The van der Waals surface area contributed by atoms with Crippen molar-refractivity contribution in [1.82, 2.24) is 14.8 Å². The van der Waals surface area contributed by atoms with Gasteiger partial charge in [-0.1, -0.05) is 35.9 Å². The highest BCUT2D eigenvalue weighted by molar-refractivity contribution is 6.35. The van der Waals surface area contributed by atoms with Crippen LogP contribution in [0.3, 0.4) is 0 Å². The van der Waals surface area contributed by atoms with E-state index in [4.69, 9.17) is 16.3 Å². The number of rotatable bonds is 8. The van der Waals surface area contributed by atoms with Crippen LogP contribution in [0.15, 0.2) is 60.7 Å². The van der Waals surface area contributed by atoms with Crippen molar-refractivity contribution < 1.29 is 14.3 Å². The number of likely N-dealkylation sites (tertiary alicyclic amines) is 1. The van der Waals surface area contributed by atoms with Crippen LogP contribution in [0.4, 0.5) is 16.2 Å². The molecule has 220 valence electrons. The highest BCUT2D eigenvalue weighted by Crippen LogP contribution is 2.42. The molecule has 8 nitrogen and oxygen atoms in total. The molecule has 0 unspecified atom stereocenters. The van der Waals surface area contributed by atoms with E-state index < -0.39 is 5.54 Å². The molecule has 0 radical (unpaired) electrons. The van der Waals surface area contributed by atoms with Crippen molar-refractivity contribution in [3.05, 3.63) is 71.4 Å². The van der Waals surface area contributed by atoms with Crippen LogP contribution >= 0.6 is 11.6 Å². The summed E-state index contributed by atoms with van der Waals surface area (Å²) in [6, 6.07) is 19.7. The van der Waals surface area contributed by atoms with Gasteiger partial charge >= 0.3 is 6.03 Å². The lowest BCUT2D eigenvalue weighted by Gasteiger charge is -2.41. The number of imide groups is 1. The highest BCUT2D eigenvalue weighted by Gasteiger charge is 2.58. The second-order valence-electron chi connectivity index (χ2n) is 11.3. The third-order valence-electron chi connectivity index (χ3n) is 8.89. The van der Waals surface area contributed by atoms with Gasteiger partial charge in [-0.05, 0) is 81.5 Å². The van der Waals surface area contributed by atoms with Gasteiger partial charge in [0.15, 0.2) is 5.15 Å². The zero-order valence-corrected chi connectivity index (χ0v) is 25.1. The monoisotopic (exact) mass is 587 g/mol. The van der Waals surface area contributed by atoms with Crippen molar-refractivity contribution in [2.24, 2.45) is 0 Å². The fourth-order valence-corrected chi connectivity index (χ4v) is 6.92. The molecule has 3 aliphatic rings. The van der Waals surface area contributed by atoms with Gasteiger partial charge in [-0.2, -0.15) is 0 Å². The number of urea groups is 1. The number of carbonyl (C=O) groups is 2. The Morgan fingerprint density at radius 1 is 0.905 bits per heavy atom. The number of hydrogen-bond donors (Lipinski definition) is 0. The van der Waals surface area contributed by atoms with Crippen LogP contribution in [-0.4, -0.2) is 71.6 Å². The van der Waals surface area contributed by atoms with Gasteiger partial charge in [-0.25, -0.2) is 14.7 Å². The number of nitrogens with zero attached hydrogens (tertiary/aromatic N) is 5. The predicted molar refractivity (Wildman–Crippen MR) is 166 cm³/mol. The average Bonchev–Trinajstić information content (AvgIpc) is 3.61. The first-order chi connectivity index (χ1) is 20.4. The van der Waals surface area contributed by atoms with Crippen molar-refractivity contribution in [1.29, 1.82) is 0 Å². The Labute approximate surface area is 252 Å². The van der Waals surface area contributed by atoms with Crippen molar-refractivity contribution in [2.75, 3.05) is 49.1 Å². The summed E-state index contributed by atoms with van der Waals surface area (Å²) in [7, 11) is 0. The standard InChI is InChI=1S/C33H38ClN5O3/c1-3-38-32(41)39(28-16-15-27(35-30(28)34)26-9-5-6-10-29(26)42-4-2)31(40)33(38)17-21-36(22-18-33)23-24-11-13-25(14-12-24)37-19-7-8-20-37/h5-6,9-16H,3-4,7-8,17-23H2,1-2H3. The van der Waals surface area contributed by atoms with Gasteiger partial charge in [0.1, 0.15) is 11.3 Å². The maximum absolute atomic E-state index is 14.1. The molecule has 0 atom stereocenters. The van der Waals surface area contributed by atoms with E-state index in [2.05, 4.69) is 39.0 Å². The van der Waals surface area contributed by atoms with Gasteiger partial charge in [-0.15, -0.1) is 0 Å². The van der Waals surface area contributed by atoms with E-state index in [-0.39, 0.29) is 17.1 Å². The number of halogens is 1. The van der Waals surface area contributed by atoms with Crippen LogP contribution in [0, 0.1) is 0 Å². The molecule has 0 N–H and O–H groups in total. The second kappa shape index (κ2) is 11.9. The van der Waals surface area contributed by atoms with Gasteiger partial charge in [0.05, 0.1) is 18.0 Å². The summed E-state index contributed by atoms with van der Waals surface area (Å²) in [5, 5.41) is 0.114. The summed E-state index contributed by atoms with van der Waals surface area (Å²) in [4.78, 5) is 40.1. The summed E-state index contributed by atoms with van der Waals surface area (Å²) in [6.07, 6.45) is 3.70. The van der Waals surface area contributed by atoms with E-state index in [9.17, 15) is 9.59 Å². The first-order valence-electron chi connectivity index (χ1n) is 15.1. The van der Waals surface area contributed by atoms with E-state index in [0.29, 0.717) is 43.1 Å². The molecule has 0 saturated carbocycles. The topological polar surface area (TPSA) is 69.2 Å². The molecule has 1 spiro atoms. The van der Waals surface area contributed by atoms with Crippen LogP contribution in [0.5, 0.6) is 5.75 Å². The van der Waals surface area contributed by atoms with Crippen LogP contribution in [0.25, 0.3) is 11.3 Å². The molecule has 0 bridgehead atoms. The minimum atomic E-state index is -0.870. The third kappa shape index (κ3) is 5.11. The van der Waals surface area contributed by atoms with Crippen LogP contribution < -0.4 is 14.5 Å². The van der Waals surface area contributed by atoms with Crippen molar-refractivity contribution in [3.63, 3.8) is 0 Å². The molecule has 4 heterocycles. The fraction of sp³-hybridized carbons (Fsp3) is 0.424. The number of piperidine rings is 1. The van der Waals surface area contributed by atoms with E-state index in [1.165, 1.54) is 29.0 Å². The first-order valence-corrected chi connectivity index (χ1v) is 15.4. The average molecular weight is 588 g/mol. The number of hydrogen-bond acceptors (Lipinski definition) is 6. The van der Waals surface area contributed by atoms with Crippen molar-refractivity contribution in [3.8, 4) is 17.0 Å². The van der Waals surface area contributed by atoms with Gasteiger partial charge < -0.3 is 14.5 Å². The van der Waals surface area contributed by atoms with Crippen molar-refractivity contribution >= 4 is 34.9 Å². The van der Waals surface area contributed by atoms with Gasteiger partial charge in [-0.3, -0.25) is 9.69 Å². The Balaban J connectivity index is 1.17. The predicted octanol–water partition coefficient (Wildman–Crippen LogP) is 6.22. The number of amides is 3. The summed E-state index contributed by atoms with van der Waals surface area (Å²) in [5.41, 5.74) is 3.43. The Morgan fingerprint density at radius 2 is 1.62 bits per heavy atom. The maximum Gasteiger partial charge on any atom is 0.332 e. The van der Waals surface area contributed by atoms with E-state index in [0.717, 1.165) is 38.3 Å². The van der Waals surface area contributed by atoms with Gasteiger partial charge in [0, 0.05) is 50.5 Å². The Hall–Kier alpha value is -3.62. The maximum atomic E-state index is 14.1. The number of benzene rings is 2. The molecular weight excluding hydrogens is 550 g/mol. The largest absolute Gasteiger partial charge is 0.493 e. The van der Waals surface area contributed by atoms with Crippen LogP contribution in [0.1, 0.15) is 45.1 Å². The van der Waals surface area contributed by atoms with E-state index >= 15 is 0 Å². The Bertz CT molecular complexity index is 1450. The lowest BCUT2D eigenvalue weighted by molar-refractivity contribution is -0.127. The lowest BCUT2D eigenvalue weighted by Crippen LogP contribution is -2.56. The second-order valence-corrected chi connectivity index (χ2v) is 11.6. The minimum Gasteiger partial charge on any atom is -0.493 e. The number of likely N-dealkylation sites (N-methyl/N-ethyl adjacent to an activating group) is 1. The smallest absolute Gasteiger partial charge is 0.332 e. The minimum absolute atomic E-state index is 0.114. The van der Waals surface area contributed by atoms with Crippen LogP contribution in [-0.2, 0) is 11.3 Å². The molecule has 3 aliphatic heterocycles. The van der Waals surface area contributed by atoms with Gasteiger partial charge in [0.25, 0.3) is 5.91 Å². The third-order valence-corrected chi connectivity index (χ3v) is 9.16. The number of para-hydroxylation sites is 1. The molecule has 3 amide bonds. The SMILES string of the molecule is CCOc1ccccc1-c1ccc(N2C(=O)N(CC)C3(CCN(Cc4ccc(N5CCCC5)cc4)CC3)C2=O)c(Cl)n1. The summed E-state index contributed by atoms with van der Waals surface area (Å²) >= 11 is 6.68. The number of aromatic nitrogens is 1. The molecule has 1 aromatic heterocycles. The van der Waals surface area contributed by atoms with Crippen LogP contribution in [0.2, 0.25) is 5.15 Å². The summed E-state index contributed by atoms with van der Waals surface area (Å²) in [6.45, 7) is 9.40. The molecule has 6 rings (SSSR count). The molecule has 3 aromatic rings. The number of anilines is 2. The zero-order chi connectivity index (χ0) is 29.3. The quantitative estimate of drug-likeness (QED) is 0.230. The normalized spacial score (nSPS) is 18.9. The first kappa shape index (κ1) is 28.5. The molecule has 0 aliphatic carbocycles. The highest BCUT2D eigenvalue weighted by atomic mass is 35.5. The molecular formula is C33H38ClN5O3.